The second-order valence-corrected chi connectivity index (χ2v) is 5.58. The third kappa shape index (κ3) is 4.35. The molecule has 0 radical (unpaired) electrons. The second kappa shape index (κ2) is 6.57. The van der Waals surface area contributed by atoms with E-state index in [-0.39, 0.29) is 5.91 Å². The maximum Gasteiger partial charge on any atom is 0.238 e. The summed E-state index contributed by atoms with van der Waals surface area (Å²) in [6.07, 6.45) is 0. The number of benzene rings is 1. The minimum Gasteiger partial charge on any atom is -0.325 e. The Hall–Kier alpha value is -0.810. The SMILES string of the molecule is CC1CN(CC(=O)Nc2ccc(Cl)c(Cl)c2)CCN1. The van der Waals surface area contributed by atoms with Gasteiger partial charge in [0.05, 0.1) is 16.6 Å². The molecular weight excluding hydrogens is 285 g/mol. The van der Waals surface area contributed by atoms with Gasteiger partial charge in [-0.3, -0.25) is 9.69 Å². The van der Waals surface area contributed by atoms with Crippen molar-refractivity contribution in [3.05, 3.63) is 28.2 Å². The molecule has 1 unspecified atom stereocenters. The van der Waals surface area contributed by atoms with E-state index in [0.29, 0.717) is 28.3 Å². The van der Waals surface area contributed by atoms with Gasteiger partial charge < -0.3 is 10.6 Å². The monoisotopic (exact) mass is 301 g/mol. The van der Waals surface area contributed by atoms with Crippen molar-refractivity contribution in [3.8, 4) is 0 Å². The Kier molecular flexibility index (Phi) is 5.05. The van der Waals surface area contributed by atoms with Crippen molar-refractivity contribution in [1.82, 2.24) is 10.2 Å². The van der Waals surface area contributed by atoms with Crippen molar-refractivity contribution in [2.24, 2.45) is 0 Å². The summed E-state index contributed by atoms with van der Waals surface area (Å²) >= 11 is 11.7. The van der Waals surface area contributed by atoms with E-state index in [1.165, 1.54) is 0 Å². The van der Waals surface area contributed by atoms with Crippen LogP contribution < -0.4 is 10.6 Å². The van der Waals surface area contributed by atoms with Crippen molar-refractivity contribution in [2.75, 3.05) is 31.5 Å². The highest BCUT2D eigenvalue weighted by Gasteiger charge is 2.17. The molecule has 1 aliphatic heterocycles. The Morgan fingerprint density at radius 2 is 2.26 bits per heavy atom. The first kappa shape index (κ1) is 14.6. The summed E-state index contributed by atoms with van der Waals surface area (Å²) in [7, 11) is 0. The molecule has 2 N–H and O–H groups in total. The molecule has 0 aliphatic carbocycles. The maximum absolute atomic E-state index is 11.9. The van der Waals surface area contributed by atoms with Crippen LogP contribution in [0.4, 0.5) is 5.69 Å². The number of anilines is 1. The lowest BCUT2D eigenvalue weighted by Crippen LogP contribution is -2.51. The Labute approximate surface area is 123 Å². The Bertz CT molecular complexity index is 467. The summed E-state index contributed by atoms with van der Waals surface area (Å²) in [5.41, 5.74) is 0.669. The molecule has 1 atom stereocenters. The van der Waals surface area contributed by atoms with E-state index in [1.54, 1.807) is 18.2 Å². The predicted molar refractivity (Wildman–Crippen MR) is 79.0 cm³/mol. The molecule has 1 fully saturated rings. The molecule has 6 heteroatoms. The molecule has 4 nitrogen and oxygen atoms in total. The molecule has 0 saturated carbocycles. The quantitative estimate of drug-likeness (QED) is 0.900. The van der Waals surface area contributed by atoms with E-state index in [4.69, 9.17) is 23.2 Å². The van der Waals surface area contributed by atoms with Crippen LogP contribution in [0.1, 0.15) is 6.92 Å². The van der Waals surface area contributed by atoms with Gasteiger partial charge in [0.2, 0.25) is 5.91 Å². The van der Waals surface area contributed by atoms with E-state index >= 15 is 0 Å². The molecule has 0 aromatic heterocycles. The van der Waals surface area contributed by atoms with Gasteiger partial charge in [-0.25, -0.2) is 0 Å². The highest BCUT2D eigenvalue weighted by molar-refractivity contribution is 6.42. The minimum absolute atomic E-state index is 0.0347. The fraction of sp³-hybridized carbons (Fsp3) is 0.462. The van der Waals surface area contributed by atoms with Crippen LogP contribution in [-0.2, 0) is 4.79 Å². The summed E-state index contributed by atoms with van der Waals surface area (Å²) < 4.78 is 0. The zero-order chi connectivity index (χ0) is 13.8. The summed E-state index contributed by atoms with van der Waals surface area (Å²) in [6.45, 7) is 5.20. The third-order valence-corrected chi connectivity index (χ3v) is 3.76. The van der Waals surface area contributed by atoms with Gasteiger partial charge >= 0.3 is 0 Å². The molecule has 1 aromatic carbocycles. The van der Waals surface area contributed by atoms with Crippen molar-refractivity contribution < 1.29 is 4.79 Å². The number of nitrogens with zero attached hydrogens (tertiary/aromatic N) is 1. The highest BCUT2D eigenvalue weighted by Crippen LogP contribution is 2.24. The summed E-state index contributed by atoms with van der Waals surface area (Å²) in [4.78, 5) is 14.1. The smallest absolute Gasteiger partial charge is 0.238 e. The first-order chi connectivity index (χ1) is 9.04. The predicted octanol–water partition coefficient (Wildman–Crippen LogP) is 2.23. The number of hydrogen-bond donors (Lipinski definition) is 2. The summed E-state index contributed by atoms with van der Waals surface area (Å²) in [5.74, 6) is -0.0347. The molecular formula is C13H17Cl2N3O. The summed E-state index contributed by atoms with van der Waals surface area (Å²) in [6, 6.07) is 5.49. The van der Waals surface area contributed by atoms with Gasteiger partial charge in [-0.15, -0.1) is 0 Å². The van der Waals surface area contributed by atoms with Crippen LogP contribution >= 0.6 is 23.2 Å². The van der Waals surface area contributed by atoms with Gasteiger partial charge in [-0.05, 0) is 25.1 Å². The van der Waals surface area contributed by atoms with Crippen LogP contribution in [0.5, 0.6) is 0 Å². The first-order valence-corrected chi connectivity index (χ1v) is 7.01. The molecule has 1 heterocycles. The zero-order valence-electron chi connectivity index (χ0n) is 10.7. The Morgan fingerprint density at radius 3 is 2.95 bits per heavy atom. The minimum atomic E-state index is -0.0347. The number of rotatable bonds is 3. The van der Waals surface area contributed by atoms with Crippen molar-refractivity contribution in [2.45, 2.75) is 13.0 Å². The van der Waals surface area contributed by atoms with E-state index in [2.05, 4.69) is 22.5 Å². The molecule has 104 valence electrons. The lowest BCUT2D eigenvalue weighted by Gasteiger charge is -2.31. The number of hydrogen-bond acceptors (Lipinski definition) is 3. The largest absolute Gasteiger partial charge is 0.325 e. The van der Waals surface area contributed by atoms with Gasteiger partial charge in [0.1, 0.15) is 0 Å². The molecule has 0 bridgehead atoms. The van der Waals surface area contributed by atoms with Crippen molar-refractivity contribution in [1.29, 1.82) is 0 Å². The van der Waals surface area contributed by atoms with Gasteiger partial charge in [0, 0.05) is 31.4 Å². The fourth-order valence-electron chi connectivity index (χ4n) is 2.13. The van der Waals surface area contributed by atoms with Crippen molar-refractivity contribution in [3.63, 3.8) is 0 Å². The highest BCUT2D eigenvalue weighted by atomic mass is 35.5. The van der Waals surface area contributed by atoms with Gasteiger partial charge in [-0.1, -0.05) is 23.2 Å². The number of amides is 1. The standard InChI is InChI=1S/C13H17Cl2N3O/c1-9-7-18(5-4-16-9)8-13(19)17-10-2-3-11(14)12(15)6-10/h2-3,6,9,16H,4-5,7-8H2,1H3,(H,17,19). The molecule has 1 amide bonds. The number of nitrogens with one attached hydrogen (secondary N) is 2. The van der Waals surface area contributed by atoms with Crippen LogP contribution in [0.2, 0.25) is 10.0 Å². The maximum atomic E-state index is 11.9. The average Bonchev–Trinajstić information content (AvgIpc) is 2.34. The van der Waals surface area contributed by atoms with Gasteiger partial charge in [0.15, 0.2) is 0 Å². The fourth-order valence-corrected chi connectivity index (χ4v) is 2.43. The van der Waals surface area contributed by atoms with Crippen molar-refractivity contribution >= 4 is 34.8 Å². The number of carbonyl (C=O) groups is 1. The lowest BCUT2D eigenvalue weighted by molar-refractivity contribution is -0.117. The van der Waals surface area contributed by atoms with Gasteiger partial charge in [-0.2, -0.15) is 0 Å². The topological polar surface area (TPSA) is 44.4 Å². The Morgan fingerprint density at radius 1 is 1.47 bits per heavy atom. The van der Waals surface area contributed by atoms with E-state index in [9.17, 15) is 4.79 Å². The molecule has 0 spiro atoms. The molecule has 1 aliphatic rings. The molecule has 2 rings (SSSR count). The van der Waals surface area contributed by atoms with E-state index in [0.717, 1.165) is 19.6 Å². The van der Waals surface area contributed by atoms with Crippen LogP contribution in [0.25, 0.3) is 0 Å². The molecule has 1 saturated heterocycles. The van der Waals surface area contributed by atoms with Gasteiger partial charge in [0.25, 0.3) is 0 Å². The number of halogens is 2. The Balaban J connectivity index is 1.88. The number of carbonyl (C=O) groups excluding carboxylic acids is 1. The van der Waals surface area contributed by atoms with Crippen LogP contribution in [0.15, 0.2) is 18.2 Å². The zero-order valence-corrected chi connectivity index (χ0v) is 12.3. The van der Waals surface area contributed by atoms with E-state index < -0.39 is 0 Å². The first-order valence-electron chi connectivity index (χ1n) is 6.25. The molecule has 19 heavy (non-hydrogen) atoms. The van der Waals surface area contributed by atoms with Crippen LogP contribution in [0.3, 0.4) is 0 Å². The molecule has 1 aromatic rings. The normalized spacial score (nSPS) is 20.3. The summed E-state index contributed by atoms with van der Waals surface area (Å²) in [5, 5.41) is 7.09. The lowest BCUT2D eigenvalue weighted by atomic mass is 10.2. The third-order valence-electron chi connectivity index (χ3n) is 3.02. The second-order valence-electron chi connectivity index (χ2n) is 4.77. The average molecular weight is 302 g/mol. The number of piperazine rings is 1. The van der Waals surface area contributed by atoms with E-state index in [1.807, 2.05) is 0 Å². The van der Waals surface area contributed by atoms with Crippen LogP contribution in [-0.4, -0.2) is 43.0 Å². The van der Waals surface area contributed by atoms with Crippen LogP contribution in [0, 0.1) is 0 Å².